The van der Waals surface area contributed by atoms with Gasteiger partial charge in [0.15, 0.2) is 0 Å². The van der Waals surface area contributed by atoms with Crippen LogP contribution in [0.3, 0.4) is 0 Å². The van der Waals surface area contributed by atoms with Crippen molar-refractivity contribution < 1.29 is 14.6 Å². The van der Waals surface area contributed by atoms with Gasteiger partial charge in [-0.1, -0.05) is 58.9 Å². The highest BCUT2D eigenvalue weighted by molar-refractivity contribution is 5.81. The van der Waals surface area contributed by atoms with Gasteiger partial charge in [-0.15, -0.1) is 0 Å². The summed E-state index contributed by atoms with van der Waals surface area (Å²) in [5, 5.41) is 8.88. The van der Waals surface area contributed by atoms with Gasteiger partial charge in [0.25, 0.3) is 0 Å². The maximum absolute atomic E-state index is 10.8. The topological polar surface area (TPSA) is 46.5 Å². The fraction of sp³-hybridized carbons (Fsp3) is 0.577. The van der Waals surface area contributed by atoms with Gasteiger partial charge >= 0.3 is 5.97 Å². The summed E-state index contributed by atoms with van der Waals surface area (Å²) < 4.78 is 6.48. The normalized spacial score (nSPS) is 26.7. The standard InChI is InChI=1S/C26H38O3/c1-8-16-29-26(20(3)11-9-10-19(2)17-23(27)28)13-12-21-22(18-26)25(6,7)15-14-24(21,4)5/h9-12,17-18H,8,13-16H2,1-7H3,(H,27,28)/b10-9+,19-17+,20-11-. The van der Waals surface area contributed by atoms with Gasteiger partial charge in [-0.3, -0.25) is 0 Å². The zero-order valence-electron chi connectivity index (χ0n) is 19.3. The molecule has 0 aromatic carbocycles. The van der Waals surface area contributed by atoms with Crippen LogP contribution in [0.2, 0.25) is 0 Å². The lowest BCUT2D eigenvalue weighted by Gasteiger charge is -2.48. The van der Waals surface area contributed by atoms with Crippen LogP contribution in [0.4, 0.5) is 0 Å². The average Bonchev–Trinajstić information content (AvgIpc) is 2.63. The van der Waals surface area contributed by atoms with Gasteiger partial charge in [-0.25, -0.2) is 4.79 Å². The summed E-state index contributed by atoms with van der Waals surface area (Å²) in [4.78, 5) is 10.8. The van der Waals surface area contributed by atoms with E-state index >= 15 is 0 Å². The van der Waals surface area contributed by atoms with Crippen LogP contribution in [0, 0.1) is 10.8 Å². The van der Waals surface area contributed by atoms with E-state index < -0.39 is 11.6 Å². The van der Waals surface area contributed by atoms with E-state index in [-0.39, 0.29) is 10.8 Å². The Labute approximate surface area is 176 Å². The van der Waals surface area contributed by atoms with Gasteiger partial charge in [0.2, 0.25) is 0 Å². The van der Waals surface area contributed by atoms with Crippen molar-refractivity contribution in [3.63, 3.8) is 0 Å². The SMILES string of the molecule is CCCOC1(\C(C)=C/C=C/C(C)=C/C(=O)O)C=C2C(=CC1)C(C)(C)CCC2(C)C. The second-order valence-electron chi connectivity index (χ2n) is 9.82. The first-order chi connectivity index (χ1) is 13.4. The molecule has 0 aromatic rings. The molecule has 2 aliphatic rings. The molecule has 3 heteroatoms. The van der Waals surface area contributed by atoms with Gasteiger partial charge in [0.05, 0.1) is 0 Å². The molecular weight excluding hydrogens is 360 g/mol. The van der Waals surface area contributed by atoms with Crippen LogP contribution < -0.4 is 0 Å². The third kappa shape index (κ3) is 5.39. The molecule has 2 aliphatic carbocycles. The van der Waals surface area contributed by atoms with E-state index in [1.807, 2.05) is 12.2 Å². The second-order valence-corrected chi connectivity index (χ2v) is 9.82. The molecule has 0 bridgehead atoms. The van der Waals surface area contributed by atoms with E-state index in [2.05, 4.69) is 59.8 Å². The minimum absolute atomic E-state index is 0.138. The monoisotopic (exact) mass is 398 g/mol. The van der Waals surface area contributed by atoms with Crippen molar-refractivity contribution in [3.8, 4) is 0 Å². The molecule has 0 spiro atoms. The first-order valence-corrected chi connectivity index (χ1v) is 10.8. The molecule has 0 saturated heterocycles. The molecule has 0 radical (unpaired) electrons. The predicted octanol–water partition coefficient (Wildman–Crippen LogP) is 6.79. The highest BCUT2D eigenvalue weighted by Crippen LogP contribution is 2.55. The van der Waals surface area contributed by atoms with Gasteiger partial charge in [-0.2, -0.15) is 0 Å². The molecule has 160 valence electrons. The summed E-state index contributed by atoms with van der Waals surface area (Å²) in [6, 6.07) is 0. The molecule has 29 heavy (non-hydrogen) atoms. The summed E-state index contributed by atoms with van der Waals surface area (Å²) in [6.07, 6.45) is 16.0. The Morgan fingerprint density at radius 1 is 1.14 bits per heavy atom. The third-order valence-electron chi connectivity index (χ3n) is 6.40. The van der Waals surface area contributed by atoms with E-state index in [1.165, 1.54) is 30.1 Å². The molecule has 0 heterocycles. The number of carbonyl (C=O) groups is 1. The zero-order valence-corrected chi connectivity index (χ0v) is 19.3. The van der Waals surface area contributed by atoms with E-state index in [0.717, 1.165) is 18.4 Å². The molecule has 0 aliphatic heterocycles. The van der Waals surface area contributed by atoms with E-state index in [4.69, 9.17) is 9.84 Å². The maximum atomic E-state index is 10.8. The quantitative estimate of drug-likeness (QED) is 0.379. The summed E-state index contributed by atoms with van der Waals surface area (Å²) in [6.45, 7) is 16.2. The van der Waals surface area contributed by atoms with Crippen LogP contribution in [0.15, 0.2) is 58.7 Å². The molecule has 3 nitrogen and oxygen atoms in total. The third-order valence-corrected chi connectivity index (χ3v) is 6.40. The van der Waals surface area contributed by atoms with Crippen LogP contribution in [-0.4, -0.2) is 23.3 Å². The number of rotatable bonds is 7. The Kier molecular flexibility index (Phi) is 7.16. The van der Waals surface area contributed by atoms with Crippen molar-refractivity contribution in [2.75, 3.05) is 6.61 Å². The summed E-state index contributed by atoms with van der Waals surface area (Å²) >= 11 is 0. The molecule has 2 rings (SSSR count). The lowest BCUT2D eigenvalue weighted by molar-refractivity contribution is -0.131. The fourth-order valence-corrected chi connectivity index (χ4v) is 4.33. The number of aliphatic carboxylic acids is 1. The van der Waals surface area contributed by atoms with Gasteiger partial charge in [0, 0.05) is 19.1 Å². The van der Waals surface area contributed by atoms with Crippen LogP contribution in [-0.2, 0) is 9.53 Å². The average molecular weight is 399 g/mol. The first kappa shape index (κ1) is 23.4. The molecule has 1 N–H and O–H groups in total. The van der Waals surface area contributed by atoms with Crippen LogP contribution in [0.25, 0.3) is 0 Å². The maximum Gasteiger partial charge on any atom is 0.328 e. The molecule has 1 atom stereocenters. The Morgan fingerprint density at radius 3 is 2.34 bits per heavy atom. The number of fused-ring (bicyclic) bond motifs is 1. The summed E-state index contributed by atoms with van der Waals surface area (Å²) in [5.41, 5.74) is 4.67. The number of allylic oxidation sites excluding steroid dienone is 6. The zero-order chi connectivity index (χ0) is 21.9. The summed E-state index contributed by atoms with van der Waals surface area (Å²) in [5.74, 6) is -0.924. The minimum atomic E-state index is -0.924. The van der Waals surface area contributed by atoms with Crippen molar-refractivity contribution in [1.29, 1.82) is 0 Å². The van der Waals surface area contributed by atoms with Crippen molar-refractivity contribution >= 4 is 5.97 Å². The molecule has 0 aromatic heterocycles. The Balaban J connectivity index is 2.44. The minimum Gasteiger partial charge on any atom is -0.478 e. The highest BCUT2D eigenvalue weighted by atomic mass is 16.5. The van der Waals surface area contributed by atoms with Crippen molar-refractivity contribution in [3.05, 3.63) is 58.7 Å². The molecule has 1 unspecified atom stereocenters. The van der Waals surface area contributed by atoms with E-state index in [9.17, 15) is 4.79 Å². The number of carboxylic acid groups (broad SMARTS) is 1. The largest absolute Gasteiger partial charge is 0.478 e. The number of ether oxygens (including phenoxy) is 1. The Hall–Kier alpha value is -1.87. The van der Waals surface area contributed by atoms with Crippen LogP contribution >= 0.6 is 0 Å². The Bertz CT molecular complexity index is 787. The smallest absolute Gasteiger partial charge is 0.328 e. The first-order valence-electron chi connectivity index (χ1n) is 10.8. The van der Waals surface area contributed by atoms with Gasteiger partial charge < -0.3 is 9.84 Å². The van der Waals surface area contributed by atoms with E-state index in [0.29, 0.717) is 12.2 Å². The molecule has 0 amide bonds. The number of hydrogen-bond acceptors (Lipinski definition) is 2. The van der Waals surface area contributed by atoms with Crippen molar-refractivity contribution in [2.24, 2.45) is 10.8 Å². The predicted molar refractivity (Wildman–Crippen MR) is 121 cm³/mol. The van der Waals surface area contributed by atoms with Crippen LogP contribution in [0.5, 0.6) is 0 Å². The second kappa shape index (κ2) is 8.87. The lowest BCUT2D eigenvalue weighted by Crippen LogP contribution is -2.40. The number of carboxylic acids is 1. The van der Waals surface area contributed by atoms with Crippen LogP contribution in [0.1, 0.15) is 74.1 Å². The highest BCUT2D eigenvalue weighted by Gasteiger charge is 2.44. The van der Waals surface area contributed by atoms with Gasteiger partial charge in [-0.05, 0) is 72.3 Å². The Morgan fingerprint density at radius 2 is 1.76 bits per heavy atom. The molecular formula is C26H38O3. The summed E-state index contributed by atoms with van der Waals surface area (Å²) in [7, 11) is 0. The van der Waals surface area contributed by atoms with Crippen molar-refractivity contribution in [1.82, 2.24) is 0 Å². The molecule has 1 saturated carbocycles. The lowest BCUT2D eigenvalue weighted by atomic mass is 9.58. The van der Waals surface area contributed by atoms with Crippen molar-refractivity contribution in [2.45, 2.75) is 79.8 Å². The number of hydrogen-bond donors (Lipinski definition) is 1. The van der Waals surface area contributed by atoms with Gasteiger partial charge in [0.1, 0.15) is 5.60 Å². The molecule has 1 fully saturated rings. The van der Waals surface area contributed by atoms with E-state index in [1.54, 1.807) is 6.92 Å². The fourth-order valence-electron chi connectivity index (χ4n) is 4.33.